The van der Waals surface area contributed by atoms with E-state index < -0.39 is 0 Å². The molecule has 1 N–H and O–H groups in total. The lowest BCUT2D eigenvalue weighted by atomic mass is 9.87. The number of amides is 1. The zero-order valence-electron chi connectivity index (χ0n) is 19.9. The molecule has 1 saturated heterocycles. The van der Waals surface area contributed by atoms with Crippen LogP contribution in [0, 0.1) is 0 Å². The average Bonchev–Trinajstić information content (AvgIpc) is 2.84. The molecule has 0 unspecified atom stereocenters. The van der Waals surface area contributed by atoms with E-state index in [-0.39, 0.29) is 11.3 Å². The van der Waals surface area contributed by atoms with Gasteiger partial charge in [-0.15, -0.1) is 0 Å². The van der Waals surface area contributed by atoms with Crippen molar-refractivity contribution < 1.29 is 4.79 Å². The molecule has 0 spiro atoms. The van der Waals surface area contributed by atoms with Gasteiger partial charge in [-0.3, -0.25) is 14.7 Å². The maximum Gasteiger partial charge on any atom is 0.255 e. The van der Waals surface area contributed by atoms with Crippen LogP contribution in [0.3, 0.4) is 0 Å². The molecule has 0 aliphatic carbocycles. The number of hydrogen-bond acceptors (Lipinski definition) is 4. The Labute approximate surface area is 197 Å². The van der Waals surface area contributed by atoms with Gasteiger partial charge in [0.05, 0.1) is 11.4 Å². The van der Waals surface area contributed by atoms with Gasteiger partial charge in [0.1, 0.15) is 0 Å². The zero-order chi connectivity index (χ0) is 23.3. The molecule has 2 heterocycles. The molecule has 1 fully saturated rings. The van der Waals surface area contributed by atoms with E-state index in [2.05, 4.69) is 59.1 Å². The Hall–Kier alpha value is -3.18. The fraction of sp³-hybridized carbons (Fsp3) is 0.357. The SMILES string of the molecule is CC(C)(C)c1ccc(C(=O)Nc2ccccc2N2CCN(CCc3ccncc3)CC2)cc1. The first-order chi connectivity index (χ1) is 15.9. The number of pyridine rings is 1. The largest absolute Gasteiger partial charge is 0.367 e. The molecule has 5 nitrogen and oxygen atoms in total. The van der Waals surface area contributed by atoms with Gasteiger partial charge in [0.15, 0.2) is 0 Å². The molecule has 5 heteroatoms. The van der Waals surface area contributed by atoms with E-state index >= 15 is 0 Å². The topological polar surface area (TPSA) is 48.5 Å². The predicted molar refractivity (Wildman–Crippen MR) is 136 cm³/mol. The second kappa shape index (κ2) is 10.2. The summed E-state index contributed by atoms with van der Waals surface area (Å²) in [7, 11) is 0. The van der Waals surface area contributed by atoms with Crippen LogP contribution in [-0.4, -0.2) is 48.5 Å². The summed E-state index contributed by atoms with van der Waals surface area (Å²) < 4.78 is 0. The van der Waals surface area contributed by atoms with Gasteiger partial charge in [-0.2, -0.15) is 0 Å². The highest BCUT2D eigenvalue weighted by Crippen LogP contribution is 2.28. The Bertz CT molecular complexity index is 1050. The Balaban J connectivity index is 1.36. The number of anilines is 2. The third-order valence-corrected chi connectivity index (χ3v) is 6.34. The normalized spacial score (nSPS) is 14.8. The first-order valence-electron chi connectivity index (χ1n) is 11.8. The molecular weight excluding hydrogens is 408 g/mol. The summed E-state index contributed by atoms with van der Waals surface area (Å²) in [6, 6.07) is 20.2. The molecule has 172 valence electrons. The highest BCUT2D eigenvalue weighted by atomic mass is 16.1. The minimum absolute atomic E-state index is 0.0705. The first-order valence-corrected chi connectivity index (χ1v) is 11.8. The van der Waals surface area contributed by atoms with Gasteiger partial charge in [0.25, 0.3) is 5.91 Å². The fourth-order valence-corrected chi connectivity index (χ4v) is 4.22. The van der Waals surface area contributed by atoms with Crippen LogP contribution in [0.2, 0.25) is 0 Å². The van der Waals surface area contributed by atoms with Crippen molar-refractivity contribution in [2.45, 2.75) is 32.6 Å². The summed E-state index contributed by atoms with van der Waals surface area (Å²) in [6.45, 7) is 11.5. The highest BCUT2D eigenvalue weighted by Gasteiger charge is 2.20. The van der Waals surface area contributed by atoms with Crippen molar-refractivity contribution in [3.8, 4) is 0 Å². The second-order valence-corrected chi connectivity index (χ2v) is 9.73. The summed E-state index contributed by atoms with van der Waals surface area (Å²) >= 11 is 0. The minimum atomic E-state index is -0.0705. The van der Waals surface area contributed by atoms with Gasteiger partial charge in [-0.05, 0) is 59.4 Å². The van der Waals surface area contributed by atoms with Gasteiger partial charge < -0.3 is 10.2 Å². The van der Waals surface area contributed by atoms with Crippen LogP contribution in [0.15, 0.2) is 73.1 Å². The minimum Gasteiger partial charge on any atom is -0.367 e. The highest BCUT2D eigenvalue weighted by molar-refractivity contribution is 6.06. The lowest BCUT2D eigenvalue weighted by molar-refractivity contribution is 0.102. The second-order valence-electron chi connectivity index (χ2n) is 9.73. The number of carbonyl (C=O) groups excluding carboxylic acids is 1. The fourth-order valence-electron chi connectivity index (χ4n) is 4.22. The lowest BCUT2D eigenvalue weighted by Crippen LogP contribution is -2.47. The van der Waals surface area contributed by atoms with Gasteiger partial charge in [-0.25, -0.2) is 0 Å². The van der Waals surface area contributed by atoms with Gasteiger partial charge in [0, 0.05) is 50.7 Å². The Morgan fingerprint density at radius 3 is 2.24 bits per heavy atom. The van der Waals surface area contributed by atoms with E-state index in [0.29, 0.717) is 5.56 Å². The van der Waals surface area contributed by atoms with Crippen LogP contribution < -0.4 is 10.2 Å². The number of rotatable bonds is 6. The molecular formula is C28H34N4O. The van der Waals surface area contributed by atoms with Crippen molar-refractivity contribution in [2.75, 3.05) is 42.9 Å². The maximum absolute atomic E-state index is 12.9. The molecule has 0 saturated carbocycles. The molecule has 4 rings (SSSR count). The van der Waals surface area contributed by atoms with Crippen molar-refractivity contribution in [3.63, 3.8) is 0 Å². The van der Waals surface area contributed by atoms with Crippen LogP contribution in [0.25, 0.3) is 0 Å². The number of hydrogen-bond donors (Lipinski definition) is 1. The van der Waals surface area contributed by atoms with Crippen LogP contribution in [-0.2, 0) is 11.8 Å². The van der Waals surface area contributed by atoms with Gasteiger partial charge >= 0.3 is 0 Å². The number of carbonyl (C=O) groups is 1. The summed E-state index contributed by atoms with van der Waals surface area (Å²) in [6.07, 6.45) is 4.76. The monoisotopic (exact) mass is 442 g/mol. The van der Waals surface area contributed by atoms with Crippen molar-refractivity contribution in [3.05, 3.63) is 89.7 Å². The summed E-state index contributed by atoms with van der Waals surface area (Å²) in [5.41, 5.74) is 5.26. The molecule has 0 bridgehead atoms. The first kappa shape index (κ1) is 23.0. The molecule has 1 aliphatic rings. The molecule has 1 aromatic heterocycles. The summed E-state index contributed by atoms with van der Waals surface area (Å²) in [4.78, 5) is 21.9. The quantitative estimate of drug-likeness (QED) is 0.584. The Kier molecular flexibility index (Phi) is 7.09. The van der Waals surface area contributed by atoms with Crippen molar-refractivity contribution in [1.82, 2.24) is 9.88 Å². The number of benzene rings is 2. The lowest BCUT2D eigenvalue weighted by Gasteiger charge is -2.37. The smallest absolute Gasteiger partial charge is 0.255 e. The van der Waals surface area contributed by atoms with Gasteiger partial charge in [-0.1, -0.05) is 45.0 Å². The van der Waals surface area contributed by atoms with Crippen LogP contribution in [0.4, 0.5) is 11.4 Å². The number of nitrogens with zero attached hydrogens (tertiary/aromatic N) is 3. The number of nitrogens with one attached hydrogen (secondary N) is 1. The van der Waals surface area contributed by atoms with E-state index in [4.69, 9.17) is 0 Å². The molecule has 2 aromatic carbocycles. The number of aromatic nitrogens is 1. The molecule has 3 aromatic rings. The Morgan fingerprint density at radius 1 is 0.909 bits per heavy atom. The van der Waals surface area contributed by atoms with Crippen LogP contribution >= 0.6 is 0 Å². The van der Waals surface area contributed by atoms with E-state index in [0.717, 1.165) is 50.5 Å². The van der Waals surface area contributed by atoms with Crippen molar-refractivity contribution in [2.24, 2.45) is 0 Å². The molecule has 33 heavy (non-hydrogen) atoms. The Morgan fingerprint density at radius 2 is 1.58 bits per heavy atom. The average molecular weight is 443 g/mol. The van der Waals surface area contributed by atoms with Crippen molar-refractivity contribution in [1.29, 1.82) is 0 Å². The van der Waals surface area contributed by atoms with Crippen molar-refractivity contribution >= 4 is 17.3 Å². The van der Waals surface area contributed by atoms with Gasteiger partial charge in [0.2, 0.25) is 0 Å². The summed E-state index contributed by atoms with van der Waals surface area (Å²) in [5, 5.41) is 3.14. The summed E-state index contributed by atoms with van der Waals surface area (Å²) in [5.74, 6) is -0.0705. The van der Waals surface area contributed by atoms with E-state index in [1.165, 1.54) is 11.1 Å². The molecule has 0 radical (unpaired) electrons. The third-order valence-electron chi connectivity index (χ3n) is 6.34. The number of para-hydroxylation sites is 2. The maximum atomic E-state index is 12.9. The molecule has 0 atom stereocenters. The van der Waals surface area contributed by atoms with E-state index in [9.17, 15) is 4.79 Å². The van der Waals surface area contributed by atoms with Crippen LogP contribution in [0.5, 0.6) is 0 Å². The van der Waals surface area contributed by atoms with E-state index in [1.807, 2.05) is 54.9 Å². The number of piperazine rings is 1. The van der Waals surface area contributed by atoms with Crippen LogP contribution in [0.1, 0.15) is 42.3 Å². The molecule has 1 aliphatic heterocycles. The zero-order valence-corrected chi connectivity index (χ0v) is 19.9. The predicted octanol–water partition coefficient (Wildman–Crippen LogP) is 5.00. The third kappa shape index (κ3) is 5.99. The molecule has 1 amide bonds. The van der Waals surface area contributed by atoms with E-state index in [1.54, 1.807) is 0 Å². The standard InChI is InChI=1S/C28H34N4O/c1-28(2,3)24-10-8-23(9-11-24)27(33)30-25-6-4-5-7-26(25)32-20-18-31(19-21-32)17-14-22-12-15-29-16-13-22/h4-13,15-16H,14,17-21H2,1-3H3,(H,30,33).